The maximum atomic E-state index is 13.0. The Balaban J connectivity index is 1.85. The Morgan fingerprint density at radius 1 is 1.40 bits per heavy atom. The Kier molecular flexibility index (Phi) is 4.77. The zero-order chi connectivity index (χ0) is 18.2. The van der Waals surface area contributed by atoms with Crippen molar-refractivity contribution in [3.8, 4) is 5.75 Å². The van der Waals surface area contributed by atoms with Crippen LogP contribution in [0.25, 0.3) is 10.9 Å². The van der Waals surface area contributed by atoms with Gasteiger partial charge in [-0.1, -0.05) is 0 Å². The number of fused-ring (bicyclic) bond motifs is 1. The van der Waals surface area contributed by atoms with Crippen LogP contribution in [-0.2, 0) is 9.84 Å². The van der Waals surface area contributed by atoms with Crippen molar-refractivity contribution >= 4 is 26.6 Å². The predicted molar refractivity (Wildman–Crippen MR) is 97.9 cm³/mol. The van der Waals surface area contributed by atoms with E-state index in [1.165, 1.54) is 6.26 Å². The number of aryl methyl sites for hydroxylation is 1. The summed E-state index contributed by atoms with van der Waals surface area (Å²) in [5.74, 6) is 0.836. The van der Waals surface area contributed by atoms with Gasteiger partial charge in [-0.25, -0.2) is 8.42 Å². The van der Waals surface area contributed by atoms with Gasteiger partial charge < -0.3 is 14.6 Å². The van der Waals surface area contributed by atoms with Gasteiger partial charge in [-0.05, 0) is 49.4 Å². The fourth-order valence-corrected chi connectivity index (χ4v) is 4.75. The lowest BCUT2D eigenvalue weighted by Gasteiger charge is -2.32. The summed E-state index contributed by atoms with van der Waals surface area (Å²) in [6.07, 6.45) is 2.93. The second kappa shape index (κ2) is 6.71. The summed E-state index contributed by atoms with van der Waals surface area (Å²) in [7, 11) is -1.42. The first-order valence-electron chi connectivity index (χ1n) is 8.42. The molecule has 0 unspecified atom stereocenters. The summed E-state index contributed by atoms with van der Waals surface area (Å²) in [6, 6.07) is 5.68. The minimum Gasteiger partial charge on any atom is -0.497 e. The third kappa shape index (κ3) is 3.81. The van der Waals surface area contributed by atoms with Crippen molar-refractivity contribution in [2.45, 2.75) is 19.8 Å². The van der Waals surface area contributed by atoms with Crippen LogP contribution >= 0.6 is 0 Å². The van der Waals surface area contributed by atoms with E-state index in [4.69, 9.17) is 4.74 Å². The number of hydrogen-bond donors (Lipinski definition) is 1. The van der Waals surface area contributed by atoms with Crippen LogP contribution in [0, 0.1) is 12.8 Å². The Morgan fingerprint density at radius 3 is 2.84 bits per heavy atom. The van der Waals surface area contributed by atoms with Crippen molar-refractivity contribution in [2.75, 3.05) is 32.2 Å². The molecule has 0 bridgehead atoms. The average molecular weight is 364 g/mol. The maximum absolute atomic E-state index is 13.0. The number of nitrogens with one attached hydrogen (secondary N) is 1. The van der Waals surface area contributed by atoms with Gasteiger partial charge in [-0.15, -0.1) is 0 Å². The molecular weight excluding hydrogens is 340 g/mol. The first kappa shape index (κ1) is 17.8. The van der Waals surface area contributed by atoms with E-state index in [-0.39, 0.29) is 17.6 Å². The summed E-state index contributed by atoms with van der Waals surface area (Å²) in [5.41, 5.74) is 2.36. The lowest BCUT2D eigenvalue weighted by atomic mass is 9.99. The molecule has 2 aromatic rings. The molecule has 1 saturated heterocycles. The van der Waals surface area contributed by atoms with E-state index in [2.05, 4.69) is 4.98 Å². The van der Waals surface area contributed by atoms with E-state index in [1.807, 2.05) is 25.1 Å². The molecule has 1 atom stereocenters. The number of sulfone groups is 1. The smallest absolute Gasteiger partial charge is 0.270 e. The highest BCUT2D eigenvalue weighted by Gasteiger charge is 2.28. The zero-order valence-corrected chi connectivity index (χ0v) is 15.6. The largest absolute Gasteiger partial charge is 0.497 e. The number of carbonyl (C=O) groups is 1. The quantitative estimate of drug-likeness (QED) is 0.903. The van der Waals surface area contributed by atoms with Crippen LogP contribution in [0.15, 0.2) is 18.2 Å². The van der Waals surface area contributed by atoms with Crippen molar-refractivity contribution in [3.63, 3.8) is 0 Å². The molecule has 0 spiro atoms. The molecule has 7 heteroatoms. The van der Waals surface area contributed by atoms with Crippen LogP contribution in [0.2, 0.25) is 0 Å². The molecule has 1 amide bonds. The number of methoxy groups -OCH3 is 1. The van der Waals surface area contributed by atoms with Crippen LogP contribution in [0.5, 0.6) is 5.75 Å². The summed E-state index contributed by atoms with van der Waals surface area (Å²) in [5, 5.41) is 0.965. The third-order valence-corrected chi connectivity index (χ3v) is 5.90. The van der Waals surface area contributed by atoms with E-state index >= 15 is 0 Å². The van der Waals surface area contributed by atoms with Gasteiger partial charge >= 0.3 is 0 Å². The third-order valence-electron chi connectivity index (χ3n) is 4.82. The molecule has 1 aromatic carbocycles. The van der Waals surface area contributed by atoms with Crippen LogP contribution in [0.3, 0.4) is 0 Å². The monoisotopic (exact) mass is 364 g/mol. The van der Waals surface area contributed by atoms with Gasteiger partial charge in [0.25, 0.3) is 5.91 Å². The van der Waals surface area contributed by atoms with Gasteiger partial charge in [0, 0.05) is 30.2 Å². The Labute approximate surface area is 148 Å². The standard InChI is InChI=1S/C18H24N2O4S/c1-12-15-9-14(24-2)6-7-16(15)19-17(12)18(21)20-8-4-5-13(10-20)11-25(3,22)23/h6-7,9,13,19H,4-5,8,10-11H2,1-3H3/t13-/m1/s1. The molecule has 1 fully saturated rings. The van der Waals surface area contributed by atoms with Gasteiger partial charge in [0.2, 0.25) is 0 Å². The summed E-state index contributed by atoms with van der Waals surface area (Å²) >= 11 is 0. The lowest BCUT2D eigenvalue weighted by molar-refractivity contribution is 0.0678. The topological polar surface area (TPSA) is 79.5 Å². The number of carbonyl (C=O) groups excluding carboxylic acids is 1. The van der Waals surface area contributed by atoms with Gasteiger partial charge in [0.15, 0.2) is 0 Å². The molecule has 2 heterocycles. The molecule has 1 aliphatic rings. The summed E-state index contributed by atoms with van der Waals surface area (Å²) < 4.78 is 28.4. The summed E-state index contributed by atoms with van der Waals surface area (Å²) in [4.78, 5) is 18.0. The fourth-order valence-electron chi connectivity index (χ4n) is 3.62. The van der Waals surface area contributed by atoms with E-state index < -0.39 is 9.84 Å². The van der Waals surface area contributed by atoms with Crippen LogP contribution < -0.4 is 4.74 Å². The molecule has 1 N–H and O–H groups in total. The number of rotatable bonds is 4. The summed E-state index contributed by atoms with van der Waals surface area (Å²) in [6.45, 7) is 3.07. The van der Waals surface area contributed by atoms with E-state index in [0.29, 0.717) is 18.8 Å². The number of benzene rings is 1. The maximum Gasteiger partial charge on any atom is 0.270 e. The van der Waals surface area contributed by atoms with E-state index in [1.54, 1.807) is 12.0 Å². The van der Waals surface area contributed by atoms with Crippen LogP contribution in [-0.4, -0.2) is 56.4 Å². The van der Waals surface area contributed by atoms with E-state index in [9.17, 15) is 13.2 Å². The number of aromatic nitrogens is 1. The van der Waals surface area contributed by atoms with Crippen molar-refractivity contribution in [1.82, 2.24) is 9.88 Å². The Hall–Kier alpha value is -2.02. The first-order valence-corrected chi connectivity index (χ1v) is 10.5. The minimum absolute atomic E-state index is 0.0116. The molecule has 0 radical (unpaired) electrons. The lowest BCUT2D eigenvalue weighted by Crippen LogP contribution is -2.42. The molecule has 1 aliphatic heterocycles. The number of amides is 1. The number of H-pyrrole nitrogens is 1. The second-order valence-electron chi connectivity index (χ2n) is 6.89. The SMILES string of the molecule is COc1ccc2[nH]c(C(=O)N3CCC[C@@H](CS(C)(=O)=O)C3)c(C)c2c1. The number of hydrogen-bond acceptors (Lipinski definition) is 4. The van der Waals surface area contributed by atoms with Gasteiger partial charge in [0.05, 0.1) is 12.9 Å². The van der Waals surface area contributed by atoms with Crippen molar-refractivity contribution in [1.29, 1.82) is 0 Å². The molecule has 1 aromatic heterocycles. The number of piperidine rings is 1. The molecule has 0 aliphatic carbocycles. The van der Waals surface area contributed by atoms with Crippen LogP contribution in [0.4, 0.5) is 0 Å². The average Bonchev–Trinajstić information content (AvgIpc) is 2.89. The molecule has 136 valence electrons. The van der Waals surface area contributed by atoms with Crippen LogP contribution in [0.1, 0.15) is 28.9 Å². The second-order valence-corrected chi connectivity index (χ2v) is 9.07. The van der Waals surface area contributed by atoms with E-state index in [0.717, 1.165) is 35.1 Å². The predicted octanol–water partition coefficient (Wildman–Crippen LogP) is 2.38. The number of likely N-dealkylation sites (tertiary alicyclic amines) is 1. The molecule has 6 nitrogen and oxygen atoms in total. The van der Waals surface area contributed by atoms with Crippen molar-refractivity contribution in [2.24, 2.45) is 5.92 Å². The molecule has 3 rings (SSSR count). The highest BCUT2D eigenvalue weighted by molar-refractivity contribution is 7.90. The molecule has 0 saturated carbocycles. The zero-order valence-electron chi connectivity index (χ0n) is 14.8. The number of ether oxygens (including phenoxy) is 1. The first-order chi connectivity index (χ1) is 11.8. The van der Waals surface area contributed by atoms with Crippen molar-refractivity contribution in [3.05, 3.63) is 29.5 Å². The van der Waals surface area contributed by atoms with Gasteiger partial charge in [-0.3, -0.25) is 4.79 Å². The number of nitrogens with zero attached hydrogens (tertiary/aromatic N) is 1. The highest BCUT2D eigenvalue weighted by Crippen LogP contribution is 2.28. The Bertz CT molecular complexity index is 901. The van der Waals surface area contributed by atoms with Gasteiger partial charge in [-0.2, -0.15) is 0 Å². The normalized spacial score (nSPS) is 18.5. The fraction of sp³-hybridized carbons (Fsp3) is 0.500. The minimum atomic E-state index is -3.03. The molecular formula is C18H24N2O4S. The van der Waals surface area contributed by atoms with Crippen molar-refractivity contribution < 1.29 is 17.9 Å². The highest BCUT2D eigenvalue weighted by atomic mass is 32.2. The Morgan fingerprint density at radius 2 is 2.16 bits per heavy atom. The molecule has 25 heavy (non-hydrogen) atoms. The van der Waals surface area contributed by atoms with Gasteiger partial charge in [0.1, 0.15) is 21.3 Å². The number of aromatic amines is 1.